The summed E-state index contributed by atoms with van der Waals surface area (Å²) in [5.74, 6) is 1.56. The molecule has 94 valence electrons. The third-order valence-corrected chi connectivity index (χ3v) is 3.52. The summed E-state index contributed by atoms with van der Waals surface area (Å²) in [4.78, 5) is 8.41. The molecule has 4 heteroatoms. The minimum absolute atomic E-state index is 0.273. The van der Waals surface area contributed by atoms with Crippen molar-refractivity contribution in [2.24, 2.45) is 5.92 Å². The van der Waals surface area contributed by atoms with E-state index >= 15 is 0 Å². The highest BCUT2D eigenvalue weighted by Crippen LogP contribution is 2.27. The van der Waals surface area contributed by atoms with Crippen molar-refractivity contribution in [3.8, 4) is 5.88 Å². The van der Waals surface area contributed by atoms with E-state index in [2.05, 4.69) is 9.97 Å². The van der Waals surface area contributed by atoms with Crippen LogP contribution in [-0.2, 0) is 0 Å². The zero-order chi connectivity index (χ0) is 12.4. The highest BCUT2D eigenvalue weighted by atomic mass is 16.5. The summed E-state index contributed by atoms with van der Waals surface area (Å²) in [7, 11) is 0. The molecule has 1 aromatic carbocycles. The van der Waals surface area contributed by atoms with Gasteiger partial charge in [-0.2, -0.15) is 4.98 Å². The standard InChI is InChI=1S/C14H17N3O/c15-14-16-12-8-4-3-7-11(12)13(17-14)18-9-10-5-1-2-6-10/h3-4,7-8,10H,1-2,5-6,9H2,(H2,15,16,17). The maximum atomic E-state index is 5.85. The summed E-state index contributed by atoms with van der Waals surface area (Å²) in [6, 6.07) is 7.80. The van der Waals surface area contributed by atoms with E-state index in [1.54, 1.807) is 0 Å². The Kier molecular flexibility index (Phi) is 3.00. The number of nitrogen functional groups attached to an aromatic ring is 1. The average molecular weight is 243 g/mol. The fourth-order valence-electron chi connectivity index (χ4n) is 2.55. The van der Waals surface area contributed by atoms with Gasteiger partial charge in [-0.3, -0.25) is 0 Å². The molecule has 0 radical (unpaired) electrons. The smallest absolute Gasteiger partial charge is 0.226 e. The third-order valence-electron chi connectivity index (χ3n) is 3.52. The fourth-order valence-corrected chi connectivity index (χ4v) is 2.55. The second-order valence-electron chi connectivity index (χ2n) is 4.87. The van der Waals surface area contributed by atoms with E-state index in [1.165, 1.54) is 25.7 Å². The summed E-state index contributed by atoms with van der Waals surface area (Å²) in [5.41, 5.74) is 6.55. The molecule has 1 heterocycles. The van der Waals surface area contributed by atoms with Crippen LogP contribution in [0.4, 0.5) is 5.95 Å². The monoisotopic (exact) mass is 243 g/mol. The second-order valence-corrected chi connectivity index (χ2v) is 4.87. The van der Waals surface area contributed by atoms with Gasteiger partial charge in [0.2, 0.25) is 11.8 Å². The Morgan fingerprint density at radius 2 is 1.94 bits per heavy atom. The first-order valence-electron chi connectivity index (χ1n) is 6.48. The fraction of sp³-hybridized carbons (Fsp3) is 0.429. The molecule has 0 spiro atoms. The van der Waals surface area contributed by atoms with Crippen molar-refractivity contribution >= 4 is 16.9 Å². The van der Waals surface area contributed by atoms with Crippen LogP contribution >= 0.6 is 0 Å². The van der Waals surface area contributed by atoms with E-state index in [0.717, 1.165) is 17.5 Å². The van der Waals surface area contributed by atoms with E-state index in [4.69, 9.17) is 10.5 Å². The van der Waals surface area contributed by atoms with Gasteiger partial charge in [-0.05, 0) is 30.9 Å². The molecule has 1 fully saturated rings. The first-order chi connectivity index (χ1) is 8.83. The van der Waals surface area contributed by atoms with Crippen molar-refractivity contribution in [3.63, 3.8) is 0 Å². The zero-order valence-corrected chi connectivity index (χ0v) is 10.3. The van der Waals surface area contributed by atoms with Gasteiger partial charge in [-0.15, -0.1) is 0 Å². The predicted octanol–water partition coefficient (Wildman–Crippen LogP) is 2.78. The van der Waals surface area contributed by atoms with Gasteiger partial charge in [0.05, 0.1) is 17.5 Å². The van der Waals surface area contributed by atoms with Crippen molar-refractivity contribution in [1.29, 1.82) is 0 Å². The van der Waals surface area contributed by atoms with Gasteiger partial charge in [-0.1, -0.05) is 25.0 Å². The molecular weight excluding hydrogens is 226 g/mol. The molecule has 1 aromatic heterocycles. The molecule has 1 aliphatic rings. The molecule has 2 N–H and O–H groups in total. The number of ether oxygens (including phenoxy) is 1. The Hall–Kier alpha value is -1.84. The highest BCUT2D eigenvalue weighted by Gasteiger charge is 2.16. The van der Waals surface area contributed by atoms with Crippen LogP contribution < -0.4 is 10.5 Å². The van der Waals surface area contributed by atoms with Crippen molar-refractivity contribution in [2.45, 2.75) is 25.7 Å². The molecule has 1 saturated carbocycles. The first-order valence-corrected chi connectivity index (χ1v) is 6.48. The summed E-state index contributed by atoms with van der Waals surface area (Å²) >= 11 is 0. The Morgan fingerprint density at radius 3 is 2.78 bits per heavy atom. The quantitative estimate of drug-likeness (QED) is 0.900. The largest absolute Gasteiger partial charge is 0.477 e. The van der Waals surface area contributed by atoms with E-state index in [0.29, 0.717) is 11.8 Å². The molecular formula is C14H17N3O. The SMILES string of the molecule is Nc1nc(OCC2CCCC2)c2ccccc2n1. The van der Waals surface area contributed by atoms with Crippen molar-refractivity contribution in [2.75, 3.05) is 12.3 Å². The minimum atomic E-state index is 0.273. The number of nitrogens with two attached hydrogens (primary N) is 1. The highest BCUT2D eigenvalue weighted by molar-refractivity contribution is 5.84. The first kappa shape index (κ1) is 11.3. The van der Waals surface area contributed by atoms with Crippen LogP contribution in [0.25, 0.3) is 10.9 Å². The molecule has 2 aromatic rings. The maximum Gasteiger partial charge on any atom is 0.226 e. The van der Waals surface area contributed by atoms with Crippen molar-refractivity contribution in [3.05, 3.63) is 24.3 Å². The molecule has 18 heavy (non-hydrogen) atoms. The number of hydrogen-bond acceptors (Lipinski definition) is 4. The Labute approximate surface area is 106 Å². The van der Waals surface area contributed by atoms with Gasteiger partial charge >= 0.3 is 0 Å². The lowest BCUT2D eigenvalue weighted by molar-refractivity contribution is 0.246. The molecule has 0 atom stereocenters. The van der Waals surface area contributed by atoms with Crippen LogP contribution in [-0.4, -0.2) is 16.6 Å². The summed E-state index contributed by atoms with van der Waals surface area (Å²) in [6.07, 6.45) is 5.17. The van der Waals surface area contributed by atoms with Crippen LogP contribution in [0.3, 0.4) is 0 Å². The topological polar surface area (TPSA) is 61.0 Å². The minimum Gasteiger partial charge on any atom is -0.477 e. The Balaban J connectivity index is 1.85. The van der Waals surface area contributed by atoms with E-state index in [9.17, 15) is 0 Å². The summed E-state index contributed by atoms with van der Waals surface area (Å²) < 4.78 is 5.85. The molecule has 4 nitrogen and oxygen atoms in total. The average Bonchev–Trinajstić information content (AvgIpc) is 2.89. The Morgan fingerprint density at radius 1 is 1.17 bits per heavy atom. The number of aromatic nitrogens is 2. The lowest BCUT2D eigenvalue weighted by Gasteiger charge is -2.12. The number of hydrogen-bond donors (Lipinski definition) is 1. The molecule has 0 bridgehead atoms. The zero-order valence-electron chi connectivity index (χ0n) is 10.3. The lowest BCUT2D eigenvalue weighted by Crippen LogP contribution is -2.10. The summed E-state index contributed by atoms with van der Waals surface area (Å²) in [5, 5.41) is 0.935. The van der Waals surface area contributed by atoms with Crippen molar-refractivity contribution in [1.82, 2.24) is 9.97 Å². The molecule has 0 amide bonds. The van der Waals surface area contributed by atoms with Crippen LogP contribution in [0.1, 0.15) is 25.7 Å². The summed E-state index contributed by atoms with van der Waals surface area (Å²) in [6.45, 7) is 0.737. The number of rotatable bonds is 3. The van der Waals surface area contributed by atoms with Gasteiger partial charge in [0, 0.05) is 0 Å². The van der Waals surface area contributed by atoms with E-state index < -0.39 is 0 Å². The molecule has 3 rings (SSSR count). The van der Waals surface area contributed by atoms with Gasteiger partial charge in [0.15, 0.2) is 0 Å². The lowest BCUT2D eigenvalue weighted by atomic mass is 10.1. The van der Waals surface area contributed by atoms with Crippen molar-refractivity contribution < 1.29 is 4.74 Å². The molecule has 0 saturated heterocycles. The predicted molar refractivity (Wildman–Crippen MR) is 71.4 cm³/mol. The number of anilines is 1. The molecule has 1 aliphatic carbocycles. The number of fused-ring (bicyclic) bond motifs is 1. The normalized spacial score (nSPS) is 16.2. The second kappa shape index (κ2) is 4.80. The van der Waals surface area contributed by atoms with E-state index in [-0.39, 0.29) is 5.95 Å². The van der Waals surface area contributed by atoms with Gasteiger partial charge < -0.3 is 10.5 Å². The Bertz CT molecular complexity index is 550. The third kappa shape index (κ3) is 2.23. The van der Waals surface area contributed by atoms with Gasteiger partial charge in [0.25, 0.3) is 0 Å². The van der Waals surface area contributed by atoms with E-state index in [1.807, 2.05) is 24.3 Å². The maximum absolute atomic E-state index is 5.85. The van der Waals surface area contributed by atoms with Crippen LogP contribution in [0, 0.1) is 5.92 Å². The molecule has 0 aliphatic heterocycles. The number of nitrogens with zero attached hydrogens (tertiary/aromatic N) is 2. The van der Waals surface area contributed by atoms with Crippen LogP contribution in [0.15, 0.2) is 24.3 Å². The van der Waals surface area contributed by atoms with Crippen LogP contribution in [0.5, 0.6) is 5.88 Å². The number of benzene rings is 1. The van der Waals surface area contributed by atoms with Gasteiger partial charge in [0.1, 0.15) is 0 Å². The molecule has 0 unspecified atom stereocenters. The van der Waals surface area contributed by atoms with Crippen LogP contribution in [0.2, 0.25) is 0 Å². The van der Waals surface area contributed by atoms with Gasteiger partial charge in [-0.25, -0.2) is 4.98 Å². The number of para-hydroxylation sites is 1.